The van der Waals surface area contributed by atoms with Crippen LogP contribution >= 0.6 is 0 Å². The van der Waals surface area contributed by atoms with Crippen molar-refractivity contribution in [3.8, 4) is 0 Å². The van der Waals surface area contributed by atoms with Crippen LogP contribution in [0.5, 0.6) is 0 Å². The Morgan fingerprint density at radius 3 is 2.50 bits per heavy atom. The number of hydrogen-bond acceptors (Lipinski definition) is 3. The third kappa shape index (κ3) is 1.95. The van der Waals surface area contributed by atoms with E-state index in [9.17, 15) is 0 Å². The van der Waals surface area contributed by atoms with Gasteiger partial charge in [0, 0.05) is 6.54 Å². The SMILES string of the molecule is CC[C@H](C)[C@H](N)c1nnc(C)n1CC. The largest absolute Gasteiger partial charge is 0.321 e. The fourth-order valence-corrected chi connectivity index (χ4v) is 1.54. The second-order valence-corrected chi connectivity index (χ2v) is 3.76. The number of nitrogens with two attached hydrogens (primary N) is 1. The molecule has 0 saturated carbocycles. The second kappa shape index (κ2) is 4.55. The molecule has 0 bridgehead atoms. The Labute approximate surface area is 85.5 Å². The van der Waals surface area contributed by atoms with Crippen molar-refractivity contribution in [2.45, 2.75) is 46.7 Å². The highest BCUT2D eigenvalue weighted by atomic mass is 15.3. The summed E-state index contributed by atoms with van der Waals surface area (Å²) in [5.41, 5.74) is 6.12. The first-order valence-corrected chi connectivity index (χ1v) is 5.27. The number of aryl methyl sites for hydroxylation is 1. The van der Waals surface area contributed by atoms with Crippen LogP contribution in [0.25, 0.3) is 0 Å². The van der Waals surface area contributed by atoms with Crippen molar-refractivity contribution in [3.63, 3.8) is 0 Å². The van der Waals surface area contributed by atoms with Crippen molar-refractivity contribution in [3.05, 3.63) is 11.6 Å². The molecular weight excluding hydrogens is 176 g/mol. The average molecular weight is 196 g/mol. The molecule has 0 aliphatic rings. The van der Waals surface area contributed by atoms with E-state index in [1.807, 2.05) is 6.92 Å². The Kier molecular flexibility index (Phi) is 3.63. The molecule has 2 N–H and O–H groups in total. The highest BCUT2D eigenvalue weighted by Crippen LogP contribution is 2.20. The molecule has 1 heterocycles. The lowest BCUT2D eigenvalue weighted by Gasteiger charge is -2.18. The van der Waals surface area contributed by atoms with Gasteiger partial charge in [-0.2, -0.15) is 0 Å². The van der Waals surface area contributed by atoms with E-state index in [-0.39, 0.29) is 6.04 Å². The summed E-state index contributed by atoms with van der Waals surface area (Å²) in [6.07, 6.45) is 1.07. The van der Waals surface area contributed by atoms with Gasteiger partial charge in [0.1, 0.15) is 11.6 Å². The maximum atomic E-state index is 6.12. The minimum atomic E-state index is 0.00106. The molecule has 2 atom stereocenters. The molecule has 0 aliphatic carbocycles. The van der Waals surface area contributed by atoms with Gasteiger partial charge in [0.05, 0.1) is 6.04 Å². The summed E-state index contributed by atoms with van der Waals surface area (Å²) in [6.45, 7) is 9.23. The van der Waals surface area contributed by atoms with E-state index in [1.165, 1.54) is 0 Å². The monoisotopic (exact) mass is 196 g/mol. The topological polar surface area (TPSA) is 56.7 Å². The van der Waals surface area contributed by atoms with Gasteiger partial charge in [-0.25, -0.2) is 0 Å². The molecule has 0 unspecified atom stereocenters. The molecule has 0 fully saturated rings. The van der Waals surface area contributed by atoms with Crippen molar-refractivity contribution in [2.75, 3.05) is 0 Å². The minimum Gasteiger partial charge on any atom is -0.321 e. The van der Waals surface area contributed by atoms with Crippen LogP contribution in [-0.2, 0) is 6.54 Å². The average Bonchev–Trinajstić information content (AvgIpc) is 2.57. The van der Waals surface area contributed by atoms with E-state index < -0.39 is 0 Å². The molecule has 1 aromatic rings. The summed E-state index contributed by atoms with van der Waals surface area (Å²) in [5.74, 6) is 2.31. The van der Waals surface area contributed by atoms with Gasteiger partial charge in [0.2, 0.25) is 0 Å². The summed E-state index contributed by atoms with van der Waals surface area (Å²) in [5, 5.41) is 8.20. The van der Waals surface area contributed by atoms with Crippen molar-refractivity contribution >= 4 is 0 Å². The molecule has 4 nitrogen and oxygen atoms in total. The lowest BCUT2D eigenvalue weighted by Crippen LogP contribution is -2.23. The molecule has 4 heteroatoms. The van der Waals surface area contributed by atoms with E-state index in [4.69, 9.17) is 5.73 Å². The van der Waals surface area contributed by atoms with Gasteiger partial charge >= 0.3 is 0 Å². The minimum absolute atomic E-state index is 0.00106. The Morgan fingerprint density at radius 2 is 2.00 bits per heavy atom. The first kappa shape index (κ1) is 11.2. The quantitative estimate of drug-likeness (QED) is 0.796. The predicted molar refractivity (Wildman–Crippen MR) is 56.8 cm³/mol. The van der Waals surface area contributed by atoms with E-state index in [0.29, 0.717) is 5.92 Å². The molecule has 0 radical (unpaired) electrons. The first-order valence-electron chi connectivity index (χ1n) is 5.27. The smallest absolute Gasteiger partial charge is 0.150 e. The van der Waals surface area contributed by atoms with Gasteiger partial charge in [0.25, 0.3) is 0 Å². The zero-order valence-electron chi connectivity index (χ0n) is 9.49. The van der Waals surface area contributed by atoms with Crippen LogP contribution in [0.1, 0.15) is 44.9 Å². The third-order valence-corrected chi connectivity index (χ3v) is 2.84. The van der Waals surface area contributed by atoms with Crippen LogP contribution < -0.4 is 5.73 Å². The van der Waals surface area contributed by atoms with Gasteiger partial charge in [-0.1, -0.05) is 20.3 Å². The van der Waals surface area contributed by atoms with Crippen LogP contribution in [0, 0.1) is 12.8 Å². The summed E-state index contributed by atoms with van der Waals surface area (Å²) >= 11 is 0. The summed E-state index contributed by atoms with van der Waals surface area (Å²) in [6, 6.07) is 0.00106. The van der Waals surface area contributed by atoms with Crippen molar-refractivity contribution < 1.29 is 0 Å². The number of nitrogens with zero attached hydrogens (tertiary/aromatic N) is 3. The van der Waals surface area contributed by atoms with Gasteiger partial charge in [-0.15, -0.1) is 10.2 Å². The molecular formula is C10H20N4. The predicted octanol–water partition coefficient (Wildman–Crippen LogP) is 1.65. The van der Waals surface area contributed by atoms with Crippen molar-refractivity contribution in [2.24, 2.45) is 11.7 Å². The molecule has 0 amide bonds. The van der Waals surface area contributed by atoms with Crippen LogP contribution in [0.2, 0.25) is 0 Å². The van der Waals surface area contributed by atoms with E-state index >= 15 is 0 Å². The lowest BCUT2D eigenvalue weighted by molar-refractivity contribution is 0.423. The third-order valence-electron chi connectivity index (χ3n) is 2.84. The highest BCUT2D eigenvalue weighted by molar-refractivity contribution is 5.00. The zero-order chi connectivity index (χ0) is 10.7. The van der Waals surface area contributed by atoms with Gasteiger partial charge in [0.15, 0.2) is 0 Å². The Bertz CT molecular complexity index is 292. The van der Waals surface area contributed by atoms with E-state index in [0.717, 1.165) is 24.6 Å². The van der Waals surface area contributed by atoms with Gasteiger partial charge in [-0.05, 0) is 19.8 Å². The van der Waals surface area contributed by atoms with Gasteiger partial charge < -0.3 is 10.3 Å². The first-order chi connectivity index (χ1) is 6.61. The second-order valence-electron chi connectivity index (χ2n) is 3.76. The van der Waals surface area contributed by atoms with E-state index in [2.05, 4.69) is 35.5 Å². The maximum absolute atomic E-state index is 6.12. The molecule has 14 heavy (non-hydrogen) atoms. The fraction of sp³-hybridized carbons (Fsp3) is 0.800. The van der Waals surface area contributed by atoms with Crippen LogP contribution in [0.3, 0.4) is 0 Å². The number of rotatable bonds is 4. The Balaban J connectivity index is 2.94. The molecule has 80 valence electrons. The standard InChI is InChI=1S/C10H20N4/c1-5-7(3)9(11)10-13-12-8(4)14(10)6-2/h7,9H,5-6,11H2,1-4H3/t7-,9-/m0/s1. The Hall–Kier alpha value is -0.900. The molecule has 0 saturated heterocycles. The summed E-state index contributed by atoms with van der Waals surface area (Å²) in [4.78, 5) is 0. The van der Waals surface area contributed by atoms with Gasteiger partial charge in [-0.3, -0.25) is 0 Å². The molecule has 0 aliphatic heterocycles. The van der Waals surface area contributed by atoms with Crippen molar-refractivity contribution in [1.82, 2.24) is 14.8 Å². The highest BCUT2D eigenvalue weighted by Gasteiger charge is 2.19. The van der Waals surface area contributed by atoms with E-state index in [1.54, 1.807) is 0 Å². The van der Waals surface area contributed by atoms with Crippen LogP contribution in [0.15, 0.2) is 0 Å². The normalized spacial score (nSPS) is 15.5. The molecule has 0 spiro atoms. The fourth-order valence-electron chi connectivity index (χ4n) is 1.54. The van der Waals surface area contributed by atoms with Crippen LogP contribution in [0.4, 0.5) is 0 Å². The molecule has 0 aromatic carbocycles. The molecule has 1 aromatic heterocycles. The maximum Gasteiger partial charge on any atom is 0.150 e. The lowest BCUT2D eigenvalue weighted by atomic mass is 9.99. The summed E-state index contributed by atoms with van der Waals surface area (Å²) < 4.78 is 2.08. The Morgan fingerprint density at radius 1 is 1.36 bits per heavy atom. The number of hydrogen-bond donors (Lipinski definition) is 1. The summed E-state index contributed by atoms with van der Waals surface area (Å²) in [7, 11) is 0. The van der Waals surface area contributed by atoms with Crippen LogP contribution in [-0.4, -0.2) is 14.8 Å². The van der Waals surface area contributed by atoms with Crippen molar-refractivity contribution in [1.29, 1.82) is 0 Å². The number of aromatic nitrogens is 3. The molecule has 1 rings (SSSR count). The zero-order valence-corrected chi connectivity index (χ0v) is 9.49.